The topological polar surface area (TPSA) is 40.5 Å². The fourth-order valence-electron chi connectivity index (χ4n) is 3.31. The van der Waals surface area contributed by atoms with Crippen molar-refractivity contribution < 1.29 is 10.2 Å². The van der Waals surface area contributed by atoms with E-state index in [9.17, 15) is 10.2 Å². The summed E-state index contributed by atoms with van der Waals surface area (Å²) in [5.74, 6) is 6.49. The lowest BCUT2D eigenvalue weighted by atomic mass is 9.84. The Balaban J connectivity index is 1.81. The highest BCUT2D eigenvalue weighted by molar-refractivity contribution is 5.11. The van der Waals surface area contributed by atoms with Gasteiger partial charge in [0.25, 0.3) is 0 Å². The van der Waals surface area contributed by atoms with Crippen molar-refractivity contribution in [2.45, 2.75) is 76.4 Å². The van der Waals surface area contributed by atoms with Gasteiger partial charge in [0.15, 0.2) is 0 Å². The molecule has 0 unspecified atom stereocenters. The van der Waals surface area contributed by atoms with Crippen LogP contribution in [0.25, 0.3) is 0 Å². The Morgan fingerprint density at radius 1 is 0.611 bits per heavy atom. The largest absolute Gasteiger partial charge is 0.380 e. The second kappa shape index (κ2) is 7.16. The van der Waals surface area contributed by atoms with E-state index in [2.05, 4.69) is 11.8 Å². The summed E-state index contributed by atoms with van der Waals surface area (Å²) in [6.45, 7) is 0. The second-order valence-electron chi connectivity index (χ2n) is 5.97. The first-order valence-electron chi connectivity index (χ1n) is 7.64. The minimum atomic E-state index is -0.524. The third-order valence-corrected chi connectivity index (χ3v) is 4.57. The fourth-order valence-corrected chi connectivity index (χ4v) is 3.31. The average molecular weight is 250 g/mol. The van der Waals surface area contributed by atoms with Gasteiger partial charge in [-0.05, 0) is 37.5 Å². The normalized spacial score (nSPS) is 26.1. The molecule has 2 nitrogen and oxygen atoms in total. The maximum Gasteiger partial charge on any atom is 0.117 e. The van der Waals surface area contributed by atoms with E-state index >= 15 is 0 Å². The summed E-state index contributed by atoms with van der Waals surface area (Å²) in [4.78, 5) is 0. The Morgan fingerprint density at radius 2 is 0.944 bits per heavy atom. The summed E-state index contributed by atoms with van der Waals surface area (Å²) < 4.78 is 0. The predicted octanol–water partition coefficient (Wildman–Crippen LogP) is 2.87. The molecule has 0 radical (unpaired) electrons. The van der Waals surface area contributed by atoms with Crippen LogP contribution in [0.1, 0.15) is 64.2 Å². The van der Waals surface area contributed by atoms with Crippen LogP contribution in [0.5, 0.6) is 0 Å². The van der Waals surface area contributed by atoms with Gasteiger partial charge in [0.05, 0.1) is 0 Å². The number of aliphatic hydroxyl groups is 2. The molecule has 0 aromatic carbocycles. The summed E-state index contributed by atoms with van der Waals surface area (Å²) in [7, 11) is 0. The van der Waals surface area contributed by atoms with Gasteiger partial charge in [0.1, 0.15) is 12.2 Å². The van der Waals surface area contributed by atoms with Crippen molar-refractivity contribution in [1.82, 2.24) is 0 Å². The summed E-state index contributed by atoms with van der Waals surface area (Å²) >= 11 is 0. The zero-order chi connectivity index (χ0) is 12.8. The summed E-state index contributed by atoms with van der Waals surface area (Å²) in [6.07, 6.45) is 10.8. The van der Waals surface area contributed by atoms with E-state index in [1.165, 1.54) is 38.5 Å². The molecule has 0 aromatic heterocycles. The van der Waals surface area contributed by atoms with E-state index in [1.807, 2.05) is 0 Å². The maximum absolute atomic E-state index is 10.0. The van der Waals surface area contributed by atoms with Gasteiger partial charge in [-0.15, -0.1) is 0 Å². The molecule has 2 rings (SSSR count). The van der Waals surface area contributed by atoms with E-state index in [0.29, 0.717) is 11.8 Å². The molecule has 0 heterocycles. The van der Waals surface area contributed by atoms with Crippen LogP contribution in [0.2, 0.25) is 0 Å². The number of aliphatic hydroxyl groups excluding tert-OH is 2. The third kappa shape index (κ3) is 4.00. The first-order chi connectivity index (χ1) is 8.77. The van der Waals surface area contributed by atoms with Crippen molar-refractivity contribution in [1.29, 1.82) is 0 Å². The first-order valence-corrected chi connectivity index (χ1v) is 7.64. The molecule has 102 valence electrons. The van der Waals surface area contributed by atoms with Gasteiger partial charge in [-0.25, -0.2) is 0 Å². The smallest absolute Gasteiger partial charge is 0.117 e. The first kappa shape index (κ1) is 13.9. The van der Waals surface area contributed by atoms with Crippen molar-refractivity contribution in [3.63, 3.8) is 0 Å². The lowest BCUT2D eigenvalue weighted by Gasteiger charge is -2.24. The van der Waals surface area contributed by atoms with Crippen molar-refractivity contribution >= 4 is 0 Å². The molecule has 0 aromatic rings. The Hall–Kier alpha value is -0.520. The van der Waals surface area contributed by atoms with Crippen LogP contribution in [-0.4, -0.2) is 22.4 Å². The van der Waals surface area contributed by atoms with Crippen LogP contribution in [0, 0.1) is 23.7 Å². The predicted molar refractivity (Wildman–Crippen MR) is 72.9 cm³/mol. The van der Waals surface area contributed by atoms with Crippen molar-refractivity contribution in [2.24, 2.45) is 11.8 Å². The molecule has 0 aliphatic heterocycles. The van der Waals surface area contributed by atoms with Gasteiger partial charge in [-0.1, -0.05) is 50.4 Å². The summed E-state index contributed by atoms with van der Waals surface area (Å²) in [6, 6.07) is 0. The summed E-state index contributed by atoms with van der Waals surface area (Å²) in [5.41, 5.74) is 0. The van der Waals surface area contributed by atoms with E-state index in [0.717, 1.165) is 25.7 Å². The monoisotopic (exact) mass is 250 g/mol. The average Bonchev–Trinajstić information content (AvgIpc) is 2.46. The number of rotatable bonds is 2. The van der Waals surface area contributed by atoms with E-state index in [1.54, 1.807) is 0 Å². The Morgan fingerprint density at radius 3 is 1.28 bits per heavy atom. The molecule has 0 bridgehead atoms. The van der Waals surface area contributed by atoms with Crippen LogP contribution in [0.4, 0.5) is 0 Å². The van der Waals surface area contributed by atoms with Crippen LogP contribution in [0.15, 0.2) is 0 Å². The lowest BCUT2D eigenvalue weighted by molar-refractivity contribution is 0.124. The van der Waals surface area contributed by atoms with E-state index < -0.39 is 12.2 Å². The molecule has 0 amide bonds. The minimum absolute atomic E-state index is 0.338. The molecule has 18 heavy (non-hydrogen) atoms. The van der Waals surface area contributed by atoms with Gasteiger partial charge in [-0.3, -0.25) is 0 Å². The molecule has 2 aliphatic carbocycles. The highest BCUT2D eigenvalue weighted by atomic mass is 16.3. The number of hydrogen-bond acceptors (Lipinski definition) is 2. The molecule has 2 heteroatoms. The molecule has 0 spiro atoms. The lowest BCUT2D eigenvalue weighted by Crippen LogP contribution is -2.24. The molecule has 0 saturated heterocycles. The second-order valence-corrected chi connectivity index (χ2v) is 5.97. The Bertz CT molecular complexity index is 262. The van der Waals surface area contributed by atoms with Crippen LogP contribution in [-0.2, 0) is 0 Å². The van der Waals surface area contributed by atoms with Gasteiger partial charge in [0, 0.05) is 0 Å². The fraction of sp³-hybridized carbons (Fsp3) is 0.875. The van der Waals surface area contributed by atoms with Gasteiger partial charge in [-0.2, -0.15) is 0 Å². The zero-order valence-electron chi connectivity index (χ0n) is 11.3. The Kier molecular flexibility index (Phi) is 5.53. The van der Waals surface area contributed by atoms with Crippen LogP contribution >= 0.6 is 0 Å². The zero-order valence-corrected chi connectivity index (χ0v) is 11.3. The maximum atomic E-state index is 10.0. The molecule has 2 aliphatic rings. The molecule has 2 atom stereocenters. The van der Waals surface area contributed by atoms with Crippen molar-refractivity contribution in [3.8, 4) is 11.8 Å². The number of hydrogen-bond donors (Lipinski definition) is 2. The highest BCUT2D eigenvalue weighted by Crippen LogP contribution is 2.27. The van der Waals surface area contributed by atoms with Crippen molar-refractivity contribution in [2.75, 3.05) is 0 Å². The van der Waals surface area contributed by atoms with E-state index in [-0.39, 0.29) is 0 Å². The molecule has 2 fully saturated rings. The molecule has 2 saturated carbocycles. The minimum Gasteiger partial charge on any atom is -0.380 e. The third-order valence-electron chi connectivity index (χ3n) is 4.57. The van der Waals surface area contributed by atoms with Crippen molar-refractivity contribution in [3.05, 3.63) is 0 Å². The Labute approximate surface area is 111 Å². The van der Waals surface area contributed by atoms with Gasteiger partial charge in [0.2, 0.25) is 0 Å². The summed E-state index contributed by atoms with van der Waals surface area (Å²) in [5, 5.41) is 20.1. The van der Waals surface area contributed by atoms with Crippen LogP contribution in [0.3, 0.4) is 0 Å². The van der Waals surface area contributed by atoms with Gasteiger partial charge >= 0.3 is 0 Å². The molecular weight excluding hydrogens is 224 g/mol. The SMILES string of the molecule is O[C@@H](C#C[C@H](O)C1CCCCC1)C1CCCCC1. The van der Waals surface area contributed by atoms with E-state index in [4.69, 9.17) is 0 Å². The molecular formula is C16H26O2. The quantitative estimate of drug-likeness (QED) is 0.740. The molecule has 2 N–H and O–H groups in total. The highest BCUT2D eigenvalue weighted by Gasteiger charge is 2.22. The van der Waals surface area contributed by atoms with Gasteiger partial charge < -0.3 is 10.2 Å². The van der Waals surface area contributed by atoms with Crippen LogP contribution < -0.4 is 0 Å². The standard InChI is InChI=1S/C16H26O2/c17-15(13-7-3-1-4-8-13)11-12-16(18)14-9-5-2-6-10-14/h13-18H,1-10H2/t15-,16-/m0/s1.